The average Bonchev–Trinajstić information content (AvgIpc) is 1.59. The molecule has 7 heteroatoms. The molecule has 0 aliphatic heterocycles. The van der Waals surface area contributed by atoms with E-state index < -0.39 is 12.1 Å². The molecule has 72 valence electrons. The quantitative estimate of drug-likeness (QED) is 0.673. The Bertz CT molecular complexity index is 151. The second-order valence-electron chi connectivity index (χ2n) is 1.71. The summed E-state index contributed by atoms with van der Waals surface area (Å²) in [6, 6.07) is 0. The van der Waals surface area contributed by atoms with Crippen LogP contribution >= 0.6 is 0 Å². The number of carboxylic acid groups (broad SMARTS) is 1. The number of carboxylic acids is 1. The normalized spacial score (nSPS) is 8.75. The molecule has 0 aromatic carbocycles. The molecular formula is C5H7CrF3O3. The first kappa shape index (κ1) is 17.5. The van der Waals surface area contributed by atoms with Crippen LogP contribution in [0.5, 0.6) is 0 Å². The van der Waals surface area contributed by atoms with Gasteiger partial charge >= 0.3 is 12.1 Å². The summed E-state index contributed by atoms with van der Waals surface area (Å²) in [6.07, 6.45) is -5.08. The number of rotatable bonds is 0. The van der Waals surface area contributed by atoms with Gasteiger partial charge in [0, 0.05) is 17.4 Å². The van der Waals surface area contributed by atoms with Crippen LogP contribution in [0.2, 0.25) is 0 Å². The number of alkyl halides is 3. The van der Waals surface area contributed by atoms with Crippen molar-refractivity contribution in [3.8, 4) is 0 Å². The topological polar surface area (TPSA) is 54.4 Å². The van der Waals surface area contributed by atoms with Crippen LogP contribution in [0.25, 0.3) is 0 Å². The molecule has 0 radical (unpaired) electrons. The van der Waals surface area contributed by atoms with E-state index in [0.29, 0.717) is 0 Å². The monoisotopic (exact) mass is 224 g/mol. The number of hydrogen-bond donors (Lipinski definition) is 1. The number of carbonyl (C=O) groups is 2. The van der Waals surface area contributed by atoms with Crippen molar-refractivity contribution in [2.45, 2.75) is 20.0 Å². The minimum Gasteiger partial charge on any atom is -0.475 e. The Kier molecular flexibility index (Phi) is 10.4. The predicted molar refractivity (Wildman–Crippen MR) is 30.0 cm³/mol. The van der Waals surface area contributed by atoms with Gasteiger partial charge in [-0.1, -0.05) is 0 Å². The fraction of sp³-hybridized carbons (Fsp3) is 0.600. The Hall–Kier alpha value is -0.538. The van der Waals surface area contributed by atoms with Crippen LogP contribution in [0, 0.1) is 0 Å². The number of ketones is 1. The molecule has 0 saturated heterocycles. The van der Waals surface area contributed by atoms with Crippen molar-refractivity contribution in [2.75, 3.05) is 0 Å². The molecule has 0 atom stereocenters. The van der Waals surface area contributed by atoms with E-state index in [1.807, 2.05) is 0 Å². The zero-order chi connectivity index (χ0) is 9.65. The van der Waals surface area contributed by atoms with Crippen molar-refractivity contribution in [3.05, 3.63) is 0 Å². The minimum absolute atomic E-state index is 0. The summed E-state index contributed by atoms with van der Waals surface area (Å²) < 4.78 is 31.7. The number of aliphatic carboxylic acids is 1. The smallest absolute Gasteiger partial charge is 0.475 e. The Morgan fingerprint density at radius 3 is 1.25 bits per heavy atom. The summed E-state index contributed by atoms with van der Waals surface area (Å²) in [7, 11) is 0. The van der Waals surface area contributed by atoms with Gasteiger partial charge in [0.05, 0.1) is 0 Å². The average molecular weight is 224 g/mol. The summed E-state index contributed by atoms with van der Waals surface area (Å²) in [4.78, 5) is 18.3. The van der Waals surface area contributed by atoms with E-state index in [0.717, 1.165) is 0 Å². The molecule has 0 saturated carbocycles. The van der Waals surface area contributed by atoms with E-state index in [9.17, 15) is 18.0 Å². The van der Waals surface area contributed by atoms with Crippen molar-refractivity contribution >= 4 is 11.8 Å². The Balaban J connectivity index is -0.000000142. The molecule has 12 heavy (non-hydrogen) atoms. The number of hydrogen-bond acceptors (Lipinski definition) is 2. The second kappa shape index (κ2) is 7.13. The molecule has 0 fully saturated rings. The zero-order valence-electron chi connectivity index (χ0n) is 6.31. The van der Waals surface area contributed by atoms with E-state index in [1.165, 1.54) is 13.8 Å². The molecule has 0 bridgehead atoms. The van der Waals surface area contributed by atoms with E-state index in [2.05, 4.69) is 0 Å². The second-order valence-corrected chi connectivity index (χ2v) is 1.71. The third-order valence-electron chi connectivity index (χ3n) is 0.243. The van der Waals surface area contributed by atoms with E-state index >= 15 is 0 Å². The number of Topliss-reactive ketones (excluding diaryl/α,β-unsaturated/α-hetero) is 1. The summed E-state index contributed by atoms with van der Waals surface area (Å²) in [5, 5.41) is 7.12. The Morgan fingerprint density at radius 1 is 1.17 bits per heavy atom. The zero-order valence-corrected chi connectivity index (χ0v) is 7.58. The van der Waals surface area contributed by atoms with Gasteiger partial charge in [0.2, 0.25) is 0 Å². The van der Waals surface area contributed by atoms with Crippen molar-refractivity contribution in [2.24, 2.45) is 0 Å². The summed E-state index contributed by atoms with van der Waals surface area (Å²) in [5.74, 6) is -2.59. The van der Waals surface area contributed by atoms with Crippen LogP contribution in [0.15, 0.2) is 0 Å². The molecule has 0 aromatic heterocycles. The van der Waals surface area contributed by atoms with E-state index in [-0.39, 0.29) is 23.1 Å². The maximum atomic E-state index is 10.6. The molecular weight excluding hydrogens is 217 g/mol. The fourth-order valence-electron chi connectivity index (χ4n) is 0. The molecule has 1 N–H and O–H groups in total. The van der Waals surface area contributed by atoms with Gasteiger partial charge in [-0.25, -0.2) is 4.79 Å². The molecule has 0 spiro atoms. The molecule has 0 heterocycles. The van der Waals surface area contributed by atoms with Gasteiger partial charge in [-0.3, -0.25) is 0 Å². The maximum absolute atomic E-state index is 10.6. The summed E-state index contributed by atoms with van der Waals surface area (Å²) >= 11 is 0. The van der Waals surface area contributed by atoms with Gasteiger partial charge in [0.15, 0.2) is 0 Å². The third-order valence-corrected chi connectivity index (χ3v) is 0.243. The number of halogens is 3. The van der Waals surface area contributed by atoms with Gasteiger partial charge in [-0.15, -0.1) is 0 Å². The van der Waals surface area contributed by atoms with Crippen molar-refractivity contribution in [1.82, 2.24) is 0 Å². The molecule has 0 aliphatic carbocycles. The van der Waals surface area contributed by atoms with Crippen LogP contribution in [0.3, 0.4) is 0 Å². The summed E-state index contributed by atoms with van der Waals surface area (Å²) in [5.41, 5.74) is 0. The van der Waals surface area contributed by atoms with Gasteiger partial charge < -0.3 is 9.90 Å². The van der Waals surface area contributed by atoms with Gasteiger partial charge in [-0.2, -0.15) is 13.2 Å². The van der Waals surface area contributed by atoms with Crippen LogP contribution in [0.4, 0.5) is 13.2 Å². The van der Waals surface area contributed by atoms with E-state index in [1.54, 1.807) is 0 Å². The molecule has 0 amide bonds. The molecule has 3 nitrogen and oxygen atoms in total. The molecule has 0 unspecified atom stereocenters. The van der Waals surface area contributed by atoms with E-state index in [4.69, 9.17) is 9.90 Å². The first-order valence-corrected chi connectivity index (χ1v) is 2.45. The van der Waals surface area contributed by atoms with Crippen LogP contribution in [0.1, 0.15) is 13.8 Å². The van der Waals surface area contributed by atoms with Gasteiger partial charge in [0.25, 0.3) is 0 Å². The van der Waals surface area contributed by atoms with Crippen LogP contribution < -0.4 is 0 Å². The number of carbonyl (C=O) groups excluding carboxylic acids is 1. The summed E-state index contributed by atoms with van der Waals surface area (Å²) in [6.45, 7) is 3.06. The van der Waals surface area contributed by atoms with Crippen molar-refractivity contribution < 1.29 is 45.2 Å². The standard InChI is InChI=1S/C3H6O.C2HF3O2.Cr/c1-3(2)4;3-2(4,5)1(6)7;/h1-2H3;(H,6,7);. The first-order valence-electron chi connectivity index (χ1n) is 2.45. The fourth-order valence-corrected chi connectivity index (χ4v) is 0. The SMILES string of the molecule is CC(C)=O.O=C(O)C(F)(F)F.[Cr]. The van der Waals surface area contributed by atoms with Crippen LogP contribution in [-0.2, 0) is 27.0 Å². The largest absolute Gasteiger partial charge is 0.490 e. The molecule has 0 rings (SSSR count). The molecule has 0 aliphatic rings. The molecule has 0 aromatic rings. The van der Waals surface area contributed by atoms with Gasteiger partial charge in [-0.05, 0) is 13.8 Å². The van der Waals surface area contributed by atoms with Crippen molar-refractivity contribution in [1.29, 1.82) is 0 Å². The Morgan fingerprint density at radius 2 is 1.25 bits per heavy atom. The maximum Gasteiger partial charge on any atom is 0.490 e. The third kappa shape index (κ3) is 22.7. The first-order chi connectivity index (χ1) is 4.68. The van der Waals surface area contributed by atoms with Gasteiger partial charge in [0.1, 0.15) is 5.78 Å². The predicted octanol–water partition coefficient (Wildman–Crippen LogP) is 1.23. The van der Waals surface area contributed by atoms with Crippen LogP contribution in [-0.4, -0.2) is 23.0 Å². The van der Waals surface area contributed by atoms with Crippen molar-refractivity contribution in [3.63, 3.8) is 0 Å². The Labute approximate surface area is 77.7 Å². The minimum atomic E-state index is -5.08.